The van der Waals surface area contributed by atoms with Crippen LogP contribution in [0.2, 0.25) is 5.02 Å². The number of pyridine rings is 1. The van der Waals surface area contributed by atoms with Gasteiger partial charge in [-0.05, 0) is 38.5 Å². The largest absolute Gasteiger partial charge is 0.496 e. The van der Waals surface area contributed by atoms with Crippen molar-refractivity contribution < 1.29 is 4.74 Å². The fourth-order valence-electron chi connectivity index (χ4n) is 3.70. The number of fused-ring (bicyclic) bond motifs is 1. The number of nitrogens with two attached hydrogens (primary N) is 1. The van der Waals surface area contributed by atoms with E-state index in [9.17, 15) is 0 Å². The van der Waals surface area contributed by atoms with Gasteiger partial charge in [0.15, 0.2) is 5.65 Å². The lowest BCUT2D eigenvalue weighted by atomic mass is 9.94. The highest BCUT2D eigenvalue weighted by atomic mass is 35.5. The molecule has 4 rings (SSSR count). The van der Waals surface area contributed by atoms with Crippen LogP contribution in [0.15, 0.2) is 36.9 Å². The van der Waals surface area contributed by atoms with E-state index in [-0.39, 0.29) is 6.04 Å². The van der Waals surface area contributed by atoms with Crippen molar-refractivity contribution in [1.29, 1.82) is 0 Å². The van der Waals surface area contributed by atoms with Crippen molar-refractivity contribution >= 4 is 28.5 Å². The minimum Gasteiger partial charge on any atom is -0.496 e. The molecule has 0 bridgehead atoms. The number of halogens is 1. The lowest BCUT2D eigenvalue weighted by Crippen LogP contribution is -2.12. The predicted molar refractivity (Wildman–Crippen MR) is 114 cm³/mol. The molecule has 1 unspecified atom stereocenters. The molecule has 8 heteroatoms. The third-order valence-corrected chi connectivity index (χ3v) is 5.56. The van der Waals surface area contributed by atoms with Gasteiger partial charge in [0.1, 0.15) is 17.9 Å². The second-order valence-electron chi connectivity index (χ2n) is 6.89. The molecule has 3 heterocycles. The quantitative estimate of drug-likeness (QED) is 0.539. The van der Waals surface area contributed by atoms with E-state index in [1.807, 2.05) is 43.7 Å². The first-order valence-electron chi connectivity index (χ1n) is 9.16. The third kappa shape index (κ3) is 3.07. The average Bonchev–Trinajstić information content (AvgIpc) is 3.07. The maximum Gasteiger partial charge on any atom is 0.164 e. The Morgan fingerprint density at radius 1 is 1.24 bits per heavy atom. The molecule has 29 heavy (non-hydrogen) atoms. The SMILES string of the molecule is COc1c(C(C)n2nc(C)c3c(N)ncnc32)cc(Cl)c(C)c1-c1cccnc1. The van der Waals surface area contributed by atoms with Crippen LogP contribution in [0.1, 0.15) is 29.8 Å². The number of nitrogen functional groups attached to an aromatic ring is 1. The fourth-order valence-corrected chi connectivity index (χ4v) is 3.92. The minimum atomic E-state index is -0.205. The van der Waals surface area contributed by atoms with E-state index in [2.05, 4.69) is 20.1 Å². The van der Waals surface area contributed by atoms with Gasteiger partial charge in [0, 0.05) is 34.1 Å². The highest BCUT2D eigenvalue weighted by Gasteiger charge is 2.24. The van der Waals surface area contributed by atoms with Crippen molar-refractivity contribution in [2.24, 2.45) is 0 Å². The van der Waals surface area contributed by atoms with Crippen molar-refractivity contribution in [3.8, 4) is 16.9 Å². The van der Waals surface area contributed by atoms with E-state index < -0.39 is 0 Å². The second kappa shape index (κ2) is 7.33. The summed E-state index contributed by atoms with van der Waals surface area (Å²) in [6.07, 6.45) is 4.99. The van der Waals surface area contributed by atoms with Gasteiger partial charge in [0.2, 0.25) is 0 Å². The summed E-state index contributed by atoms with van der Waals surface area (Å²) in [6.45, 7) is 5.90. The molecule has 0 radical (unpaired) electrons. The Kier molecular flexibility index (Phi) is 4.84. The molecule has 0 saturated carbocycles. The van der Waals surface area contributed by atoms with Gasteiger partial charge in [-0.25, -0.2) is 14.6 Å². The number of rotatable bonds is 4. The number of aryl methyl sites for hydroxylation is 1. The first-order chi connectivity index (χ1) is 13.9. The Hall–Kier alpha value is -3.19. The van der Waals surface area contributed by atoms with Crippen LogP contribution < -0.4 is 10.5 Å². The van der Waals surface area contributed by atoms with Crippen LogP contribution in [0.4, 0.5) is 5.82 Å². The predicted octanol–water partition coefficient (Wildman–Crippen LogP) is 4.36. The second-order valence-corrected chi connectivity index (χ2v) is 7.29. The maximum absolute atomic E-state index is 6.63. The zero-order chi connectivity index (χ0) is 20.7. The summed E-state index contributed by atoms with van der Waals surface area (Å²) in [6, 6.07) is 5.60. The van der Waals surface area contributed by atoms with Crippen LogP contribution in [-0.2, 0) is 0 Å². The minimum absolute atomic E-state index is 0.205. The third-order valence-electron chi connectivity index (χ3n) is 5.17. The lowest BCUT2D eigenvalue weighted by Gasteiger charge is -2.22. The maximum atomic E-state index is 6.63. The Morgan fingerprint density at radius 3 is 2.72 bits per heavy atom. The number of ether oxygens (including phenoxy) is 1. The molecule has 0 aliphatic carbocycles. The number of benzene rings is 1. The molecule has 0 aliphatic heterocycles. The van der Waals surface area contributed by atoms with Crippen molar-refractivity contribution in [3.63, 3.8) is 0 Å². The first-order valence-corrected chi connectivity index (χ1v) is 9.54. The number of hydrogen-bond acceptors (Lipinski definition) is 6. The number of anilines is 1. The smallest absolute Gasteiger partial charge is 0.164 e. The average molecular weight is 409 g/mol. The monoisotopic (exact) mass is 408 g/mol. The van der Waals surface area contributed by atoms with Gasteiger partial charge in [-0.3, -0.25) is 4.98 Å². The van der Waals surface area contributed by atoms with Gasteiger partial charge in [0.05, 0.1) is 24.2 Å². The number of hydrogen-bond donors (Lipinski definition) is 1. The van der Waals surface area contributed by atoms with Gasteiger partial charge in [0.25, 0.3) is 0 Å². The van der Waals surface area contributed by atoms with E-state index in [0.717, 1.165) is 39.1 Å². The molecule has 0 aliphatic rings. The molecule has 0 amide bonds. The Balaban J connectivity index is 1.97. The van der Waals surface area contributed by atoms with Gasteiger partial charge in [-0.2, -0.15) is 5.10 Å². The molecule has 0 spiro atoms. The van der Waals surface area contributed by atoms with E-state index in [1.165, 1.54) is 6.33 Å². The Labute approximate surface area is 173 Å². The molecule has 1 aromatic carbocycles. The molecule has 3 aromatic heterocycles. The molecule has 1 atom stereocenters. The summed E-state index contributed by atoms with van der Waals surface area (Å²) in [5.74, 6) is 1.15. The van der Waals surface area contributed by atoms with Crippen LogP contribution in [0, 0.1) is 13.8 Å². The van der Waals surface area contributed by atoms with Gasteiger partial charge in [-0.1, -0.05) is 17.7 Å². The Bertz CT molecular complexity index is 1210. The van der Waals surface area contributed by atoms with Crippen LogP contribution >= 0.6 is 11.6 Å². The molecule has 4 aromatic rings. The number of aromatic nitrogens is 5. The molecular formula is C21H21ClN6O. The van der Waals surface area contributed by atoms with E-state index >= 15 is 0 Å². The molecule has 2 N–H and O–H groups in total. The lowest BCUT2D eigenvalue weighted by molar-refractivity contribution is 0.402. The molecule has 148 valence electrons. The Morgan fingerprint density at radius 2 is 2.03 bits per heavy atom. The van der Waals surface area contributed by atoms with Crippen molar-refractivity contribution in [3.05, 3.63) is 58.8 Å². The van der Waals surface area contributed by atoms with E-state index in [0.29, 0.717) is 16.5 Å². The van der Waals surface area contributed by atoms with Crippen molar-refractivity contribution in [2.45, 2.75) is 26.8 Å². The summed E-state index contributed by atoms with van der Waals surface area (Å²) in [5, 5.41) is 6.08. The van der Waals surface area contributed by atoms with Crippen LogP contribution in [0.3, 0.4) is 0 Å². The van der Waals surface area contributed by atoms with Crippen LogP contribution in [0.25, 0.3) is 22.2 Å². The van der Waals surface area contributed by atoms with Crippen LogP contribution in [0.5, 0.6) is 5.75 Å². The highest BCUT2D eigenvalue weighted by Crippen LogP contribution is 2.43. The number of methoxy groups -OCH3 is 1. The molecule has 0 fully saturated rings. The summed E-state index contributed by atoms with van der Waals surface area (Å²) in [7, 11) is 1.66. The van der Waals surface area contributed by atoms with Gasteiger partial charge < -0.3 is 10.5 Å². The fraction of sp³-hybridized carbons (Fsp3) is 0.238. The molecule has 0 saturated heterocycles. The van der Waals surface area contributed by atoms with Crippen molar-refractivity contribution in [2.75, 3.05) is 12.8 Å². The normalized spacial score (nSPS) is 12.3. The summed E-state index contributed by atoms with van der Waals surface area (Å²) in [4.78, 5) is 12.7. The zero-order valence-electron chi connectivity index (χ0n) is 16.6. The zero-order valence-corrected chi connectivity index (χ0v) is 17.4. The first kappa shape index (κ1) is 19.1. The topological polar surface area (TPSA) is 91.7 Å². The molecular weight excluding hydrogens is 388 g/mol. The van der Waals surface area contributed by atoms with Gasteiger partial charge >= 0.3 is 0 Å². The summed E-state index contributed by atoms with van der Waals surface area (Å²) >= 11 is 6.63. The van der Waals surface area contributed by atoms with Gasteiger partial charge in [-0.15, -0.1) is 0 Å². The number of nitrogens with zero attached hydrogens (tertiary/aromatic N) is 5. The van der Waals surface area contributed by atoms with E-state index in [4.69, 9.17) is 22.1 Å². The summed E-state index contributed by atoms with van der Waals surface area (Å²) < 4.78 is 7.70. The standard InChI is InChI=1S/C21H21ClN6O/c1-11-16(22)8-15(19(29-4)17(11)14-6-5-7-24-9-14)13(3)28-21-18(12(2)27-28)20(23)25-10-26-21/h5-10,13H,1-4H3,(H2,23,25,26). The summed E-state index contributed by atoms with van der Waals surface area (Å²) in [5.41, 5.74) is 11.2. The van der Waals surface area contributed by atoms with E-state index in [1.54, 1.807) is 19.5 Å². The van der Waals surface area contributed by atoms with Crippen molar-refractivity contribution in [1.82, 2.24) is 24.7 Å². The highest BCUT2D eigenvalue weighted by molar-refractivity contribution is 6.32. The van der Waals surface area contributed by atoms with Crippen LogP contribution in [-0.4, -0.2) is 31.8 Å². The molecule has 7 nitrogen and oxygen atoms in total.